The number of halogens is 1. The van der Waals surface area contributed by atoms with Gasteiger partial charge in [0.1, 0.15) is 5.82 Å². The largest absolute Gasteiger partial charge is 0.397 e. The molecule has 1 aliphatic carbocycles. The smallest absolute Gasteiger partial charge is 0.128 e. The topological polar surface area (TPSA) is 38.0 Å². The molecule has 0 aromatic heterocycles. The summed E-state index contributed by atoms with van der Waals surface area (Å²) >= 11 is 0. The van der Waals surface area contributed by atoms with Gasteiger partial charge < -0.3 is 11.1 Å². The zero-order chi connectivity index (χ0) is 12.6. The van der Waals surface area contributed by atoms with Gasteiger partial charge in [0.25, 0.3) is 0 Å². The molecule has 1 fully saturated rings. The van der Waals surface area contributed by atoms with Crippen LogP contribution < -0.4 is 11.1 Å². The van der Waals surface area contributed by atoms with E-state index in [1.54, 1.807) is 13.0 Å². The minimum Gasteiger partial charge on any atom is -0.397 e. The molecule has 1 saturated carbocycles. The number of nitrogens with two attached hydrogens (primary N) is 1. The summed E-state index contributed by atoms with van der Waals surface area (Å²) in [6, 6.07) is 3.63. The summed E-state index contributed by atoms with van der Waals surface area (Å²) in [6.45, 7) is 6.30. The third-order valence-electron chi connectivity index (χ3n) is 3.92. The van der Waals surface area contributed by atoms with E-state index in [2.05, 4.69) is 19.2 Å². The maximum absolute atomic E-state index is 13.3. The van der Waals surface area contributed by atoms with Crippen molar-refractivity contribution in [2.45, 2.75) is 46.1 Å². The first-order valence-electron chi connectivity index (χ1n) is 6.22. The highest BCUT2D eigenvalue weighted by Crippen LogP contribution is 2.39. The van der Waals surface area contributed by atoms with E-state index in [-0.39, 0.29) is 11.2 Å². The van der Waals surface area contributed by atoms with Crippen LogP contribution in [-0.4, -0.2) is 6.04 Å². The highest BCUT2D eigenvalue weighted by atomic mass is 19.1. The molecular formula is C14H21FN2. The zero-order valence-electron chi connectivity index (χ0n) is 10.8. The Bertz CT molecular complexity index is 426. The van der Waals surface area contributed by atoms with Gasteiger partial charge in [-0.1, -0.05) is 20.3 Å². The van der Waals surface area contributed by atoms with Crippen LogP contribution in [0, 0.1) is 18.2 Å². The van der Waals surface area contributed by atoms with Gasteiger partial charge in [-0.15, -0.1) is 0 Å². The lowest BCUT2D eigenvalue weighted by Gasteiger charge is -2.29. The lowest BCUT2D eigenvalue weighted by atomic mass is 9.87. The van der Waals surface area contributed by atoms with Gasteiger partial charge >= 0.3 is 0 Å². The first kappa shape index (κ1) is 12.2. The van der Waals surface area contributed by atoms with Crippen LogP contribution >= 0.6 is 0 Å². The summed E-state index contributed by atoms with van der Waals surface area (Å²) in [6.07, 6.45) is 3.62. The lowest BCUT2D eigenvalue weighted by molar-refractivity contribution is 0.350. The predicted molar refractivity (Wildman–Crippen MR) is 70.6 cm³/mol. The van der Waals surface area contributed by atoms with Crippen LogP contribution in [0.2, 0.25) is 0 Å². The molecule has 0 spiro atoms. The number of rotatable bonds is 2. The van der Waals surface area contributed by atoms with E-state index < -0.39 is 0 Å². The molecule has 1 aromatic carbocycles. The van der Waals surface area contributed by atoms with Crippen molar-refractivity contribution in [2.24, 2.45) is 5.41 Å². The minimum atomic E-state index is -0.237. The molecule has 1 aromatic rings. The summed E-state index contributed by atoms with van der Waals surface area (Å²) in [7, 11) is 0. The highest BCUT2D eigenvalue weighted by molar-refractivity contribution is 5.67. The number of aryl methyl sites for hydroxylation is 1. The molecule has 17 heavy (non-hydrogen) atoms. The Morgan fingerprint density at radius 1 is 1.41 bits per heavy atom. The summed E-state index contributed by atoms with van der Waals surface area (Å²) in [5.41, 5.74) is 8.14. The van der Waals surface area contributed by atoms with Crippen LogP contribution in [0.25, 0.3) is 0 Å². The molecular weight excluding hydrogens is 215 g/mol. The number of nitrogens with one attached hydrogen (secondary N) is 1. The molecule has 94 valence electrons. The maximum Gasteiger partial charge on any atom is 0.128 e. The summed E-state index contributed by atoms with van der Waals surface area (Å²) in [4.78, 5) is 0. The van der Waals surface area contributed by atoms with Crippen LogP contribution in [0.4, 0.5) is 15.8 Å². The van der Waals surface area contributed by atoms with E-state index >= 15 is 0 Å². The molecule has 3 N–H and O–H groups in total. The van der Waals surface area contributed by atoms with Crippen molar-refractivity contribution in [3.05, 3.63) is 23.5 Å². The molecule has 0 radical (unpaired) electrons. The Labute approximate surface area is 102 Å². The lowest BCUT2D eigenvalue weighted by Crippen LogP contribution is -2.31. The van der Waals surface area contributed by atoms with Crippen molar-refractivity contribution in [3.63, 3.8) is 0 Å². The molecule has 0 aliphatic heterocycles. The third-order valence-corrected chi connectivity index (χ3v) is 3.92. The van der Waals surface area contributed by atoms with E-state index in [1.807, 2.05) is 0 Å². The summed E-state index contributed by atoms with van der Waals surface area (Å²) in [5.74, 6) is -0.237. The van der Waals surface area contributed by atoms with Crippen LogP contribution in [0.15, 0.2) is 12.1 Å². The molecule has 2 rings (SSSR count). The Morgan fingerprint density at radius 2 is 2.12 bits per heavy atom. The molecule has 1 aliphatic rings. The Kier molecular flexibility index (Phi) is 3.02. The molecule has 0 saturated heterocycles. The standard InChI is InChI=1S/C14H21FN2/c1-9-7-12(11(16)8-10(9)15)17-13-5-4-6-14(13,2)3/h7-8,13,17H,4-6,16H2,1-3H3. The molecule has 3 heteroatoms. The molecule has 0 heterocycles. The van der Waals surface area contributed by atoms with Gasteiger partial charge in [0, 0.05) is 6.04 Å². The van der Waals surface area contributed by atoms with Gasteiger partial charge in [-0.2, -0.15) is 0 Å². The van der Waals surface area contributed by atoms with Crippen molar-refractivity contribution < 1.29 is 4.39 Å². The van der Waals surface area contributed by atoms with Gasteiger partial charge in [0.05, 0.1) is 11.4 Å². The maximum atomic E-state index is 13.3. The Hall–Kier alpha value is -1.25. The van der Waals surface area contributed by atoms with Gasteiger partial charge in [0.15, 0.2) is 0 Å². The van der Waals surface area contributed by atoms with Crippen LogP contribution in [-0.2, 0) is 0 Å². The predicted octanol–water partition coefficient (Wildman–Crippen LogP) is 3.71. The average Bonchev–Trinajstić information content (AvgIpc) is 2.55. The van der Waals surface area contributed by atoms with Crippen LogP contribution in [0.5, 0.6) is 0 Å². The average molecular weight is 236 g/mol. The fourth-order valence-corrected chi connectivity index (χ4v) is 2.60. The highest BCUT2D eigenvalue weighted by Gasteiger charge is 2.34. The van der Waals surface area contributed by atoms with Crippen LogP contribution in [0.1, 0.15) is 38.7 Å². The van der Waals surface area contributed by atoms with Gasteiger partial charge in [-0.3, -0.25) is 0 Å². The van der Waals surface area contributed by atoms with Crippen molar-refractivity contribution in [2.75, 3.05) is 11.1 Å². The van der Waals surface area contributed by atoms with E-state index in [9.17, 15) is 4.39 Å². The number of benzene rings is 1. The van der Waals surface area contributed by atoms with Crippen molar-refractivity contribution in [1.29, 1.82) is 0 Å². The molecule has 1 unspecified atom stereocenters. The molecule has 0 bridgehead atoms. The number of nitrogen functional groups attached to an aromatic ring is 1. The second kappa shape index (κ2) is 4.21. The van der Waals surface area contributed by atoms with Gasteiger partial charge in [-0.05, 0) is 42.9 Å². The van der Waals surface area contributed by atoms with Gasteiger partial charge in [0.2, 0.25) is 0 Å². The van der Waals surface area contributed by atoms with Crippen LogP contribution in [0.3, 0.4) is 0 Å². The monoisotopic (exact) mass is 236 g/mol. The van der Waals surface area contributed by atoms with E-state index in [4.69, 9.17) is 5.73 Å². The second-order valence-corrected chi connectivity index (χ2v) is 5.77. The molecule has 0 amide bonds. The third kappa shape index (κ3) is 2.38. The summed E-state index contributed by atoms with van der Waals surface area (Å²) in [5, 5.41) is 3.48. The quantitative estimate of drug-likeness (QED) is 0.768. The fraction of sp³-hybridized carbons (Fsp3) is 0.571. The second-order valence-electron chi connectivity index (χ2n) is 5.77. The van der Waals surface area contributed by atoms with Crippen molar-refractivity contribution in [1.82, 2.24) is 0 Å². The van der Waals surface area contributed by atoms with Gasteiger partial charge in [-0.25, -0.2) is 4.39 Å². The number of anilines is 2. The van der Waals surface area contributed by atoms with E-state index in [0.29, 0.717) is 17.3 Å². The normalized spacial score (nSPS) is 22.7. The first-order chi connectivity index (χ1) is 7.90. The Morgan fingerprint density at radius 3 is 2.71 bits per heavy atom. The summed E-state index contributed by atoms with van der Waals surface area (Å²) < 4.78 is 13.3. The zero-order valence-corrected chi connectivity index (χ0v) is 10.8. The van der Waals surface area contributed by atoms with Crippen molar-refractivity contribution >= 4 is 11.4 Å². The fourth-order valence-electron chi connectivity index (χ4n) is 2.60. The Balaban J connectivity index is 2.22. The first-order valence-corrected chi connectivity index (χ1v) is 6.22. The molecule has 2 nitrogen and oxygen atoms in total. The van der Waals surface area contributed by atoms with E-state index in [0.717, 1.165) is 12.1 Å². The SMILES string of the molecule is Cc1cc(NC2CCCC2(C)C)c(N)cc1F. The minimum absolute atomic E-state index is 0.237. The van der Waals surface area contributed by atoms with Crippen molar-refractivity contribution in [3.8, 4) is 0 Å². The van der Waals surface area contributed by atoms with E-state index in [1.165, 1.54) is 18.9 Å². The number of hydrogen-bond donors (Lipinski definition) is 2. The molecule has 1 atom stereocenters. The number of hydrogen-bond acceptors (Lipinski definition) is 2.